The second-order valence-electron chi connectivity index (χ2n) is 8.46. The third-order valence-electron chi connectivity index (χ3n) is 6.27. The van der Waals surface area contributed by atoms with Crippen LogP contribution in [0.4, 0.5) is 5.69 Å². The summed E-state index contributed by atoms with van der Waals surface area (Å²) < 4.78 is 36.5. The molecule has 0 spiro atoms. The van der Waals surface area contributed by atoms with E-state index < -0.39 is 7.60 Å². The molecule has 1 aromatic carbocycles. The second kappa shape index (κ2) is 11.8. The number of benzene rings is 1. The van der Waals surface area contributed by atoms with Crippen LogP contribution in [0.15, 0.2) is 36.7 Å². The summed E-state index contributed by atoms with van der Waals surface area (Å²) in [5.41, 5.74) is 3.53. The van der Waals surface area contributed by atoms with Crippen molar-refractivity contribution in [1.29, 1.82) is 0 Å². The molecule has 36 heavy (non-hydrogen) atoms. The molecule has 3 heterocycles. The van der Waals surface area contributed by atoms with Gasteiger partial charge in [-0.1, -0.05) is 11.6 Å². The van der Waals surface area contributed by atoms with Crippen molar-refractivity contribution in [2.24, 2.45) is 0 Å². The van der Waals surface area contributed by atoms with Gasteiger partial charge in [-0.15, -0.1) is 0 Å². The van der Waals surface area contributed by atoms with E-state index >= 15 is 0 Å². The Balaban J connectivity index is 1.44. The Morgan fingerprint density at radius 3 is 2.33 bits per heavy atom. The Labute approximate surface area is 217 Å². The van der Waals surface area contributed by atoms with Crippen LogP contribution in [0.2, 0.25) is 5.02 Å². The van der Waals surface area contributed by atoms with Crippen molar-refractivity contribution in [2.75, 3.05) is 71.2 Å². The fraction of sp³-hybridized carbons (Fsp3) is 0.480. The number of imidazole rings is 1. The van der Waals surface area contributed by atoms with Crippen molar-refractivity contribution in [1.82, 2.24) is 14.3 Å². The molecule has 9 nitrogen and oxygen atoms in total. The minimum Gasteiger partial charge on any atom is -0.496 e. The van der Waals surface area contributed by atoms with Gasteiger partial charge in [0.2, 0.25) is 0 Å². The molecule has 1 aliphatic heterocycles. The lowest BCUT2D eigenvalue weighted by molar-refractivity contribution is 0.210. The predicted octanol–water partition coefficient (Wildman–Crippen LogP) is 5.06. The van der Waals surface area contributed by atoms with Gasteiger partial charge in [-0.25, -0.2) is 4.98 Å². The summed E-state index contributed by atoms with van der Waals surface area (Å²) in [5.74, 6) is 1.20. The van der Waals surface area contributed by atoms with Crippen molar-refractivity contribution >= 4 is 30.5 Å². The van der Waals surface area contributed by atoms with Crippen LogP contribution in [-0.4, -0.2) is 80.6 Å². The normalized spacial score (nSPS) is 15.0. The van der Waals surface area contributed by atoms with Crippen LogP contribution in [0, 0.1) is 0 Å². The summed E-state index contributed by atoms with van der Waals surface area (Å²) in [6.45, 7) is 8.66. The van der Waals surface area contributed by atoms with E-state index in [1.807, 2.05) is 36.7 Å². The van der Waals surface area contributed by atoms with Gasteiger partial charge in [0.05, 0.1) is 44.3 Å². The van der Waals surface area contributed by atoms with Crippen molar-refractivity contribution in [3.63, 3.8) is 0 Å². The lowest BCUT2D eigenvalue weighted by atomic mass is 10.1. The van der Waals surface area contributed by atoms with Gasteiger partial charge in [0.1, 0.15) is 17.1 Å². The van der Waals surface area contributed by atoms with Crippen molar-refractivity contribution < 1.29 is 23.1 Å². The molecule has 3 aromatic rings. The highest BCUT2D eigenvalue weighted by molar-refractivity contribution is 7.53. The number of aromatic nitrogens is 2. The van der Waals surface area contributed by atoms with Crippen LogP contribution in [-0.2, 0) is 13.6 Å². The SMILES string of the molecule is CCOP(=O)(CCN1CCN(c2ccn3cc(-c4cc(Cl)c(OC)cc4OC)nc3c2)CC1)OCC. The van der Waals surface area contributed by atoms with Crippen LogP contribution >= 0.6 is 19.2 Å². The van der Waals surface area contributed by atoms with Gasteiger partial charge >= 0.3 is 7.60 Å². The lowest BCUT2D eigenvalue weighted by Gasteiger charge is -2.36. The van der Waals surface area contributed by atoms with Gasteiger partial charge in [-0.05, 0) is 26.0 Å². The molecule has 4 rings (SSSR count). The van der Waals surface area contributed by atoms with E-state index in [0.717, 1.165) is 48.8 Å². The topological polar surface area (TPSA) is 77.8 Å². The third kappa shape index (κ3) is 5.98. The fourth-order valence-corrected chi connectivity index (χ4v) is 6.30. The number of rotatable bonds is 11. The zero-order valence-electron chi connectivity index (χ0n) is 21.3. The number of hydrogen-bond donors (Lipinski definition) is 0. The number of ether oxygens (including phenoxy) is 2. The van der Waals surface area contributed by atoms with Crippen LogP contribution in [0.5, 0.6) is 11.5 Å². The number of hydrogen-bond acceptors (Lipinski definition) is 8. The van der Waals surface area contributed by atoms with E-state index in [4.69, 9.17) is 35.1 Å². The Bertz CT molecular complexity index is 1220. The molecule has 11 heteroatoms. The molecular weight excluding hydrogens is 503 g/mol. The van der Waals surface area contributed by atoms with E-state index in [1.165, 1.54) is 0 Å². The van der Waals surface area contributed by atoms with Crippen LogP contribution in [0.1, 0.15) is 13.8 Å². The first kappa shape index (κ1) is 26.8. The average molecular weight is 537 g/mol. The van der Waals surface area contributed by atoms with E-state index in [9.17, 15) is 4.57 Å². The minimum absolute atomic E-state index is 0.390. The number of anilines is 1. The smallest absolute Gasteiger partial charge is 0.331 e. The maximum Gasteiger partial charge on any atom is 0.331 e. The Morgan fingerprint density at radius 1 is 1.00 bits per heavy atom. The first-order valence-corrected chi connectivity index (χ1v) is 14.3. The Morgan fingerprint density at radius 2 is 1.69 bits per heavy atom. The Kier molecular flexibility index (Phi) is 8.80. The molecule has 0 radical (unpaired) electrons. The van der Waals surface area contributed by atoms with Gasteiger partial charge in [-0.3, -0.25) is 9.46 Å². The first-order chi connectivity index (χ1) is 17.4. The Hall–Kier alpha value is -2.29. The number of halogens is 1. The molecule has 0 bridgehead atoms. The van der Waals surface area contributed by atoms with Crippen molar-refractivity contribution in [3.05, 3.63) is 41.7 Å². The second-order valence-corrected chi connectivity index (χ2v) is 11.1. The molecule has 0 amide bonds. The summed E-state index contributed by atoms with van der Waals surface area (Å²) >= 11 is 6.37. The number of piperazine rings is 1. The maximum atomic E-state index is 12.7. The molecule has 0 N–H and O–H groups in total. The molecule has 1 aliphatic rings. The fourth-order valence-electron chi connectivity index (χ4n) is 4.41. The van der Waals surface area contributed by atoms with Crippen molar-refractivity contribution in [2.45, 2.75) is 13.8 Å². The molecule has 0 unspecified atom stereocenters. The molecule has 196 valence electrons. The third-order valence-corrected chi connectivity index (χ3v) is 8.62. The highest BCUT2D eigenvalue weighted by atomic mass is 35.5. The highest BCUT2D eigenvalue weighted by Gasteiger charge is 2.26. The van der Waals surface area contributed by atoms with Crippen LogP contribution in [0.3, 0.4) is 0 Å². The summed E-state index contributed by atoms with van der Waals surface area (Å²) in [6, 6.07) is 7.78. The van der Waals surface area contributed by atoms with Crippen LogP contribution in [0.25, 0.3) is 16.9 Å². The van der Waals surface area contributed by atoms with E-state index in [1.54, 1.807) is 20.3 Å². The number of nitrogens with zero attached hydrogens (tertiary/aromatic N) is 4. The number of methoxy groups -OCH3 is 2. The number of pyridine rings is 1. The first-order valence-electron chi connectivity index (χ1n) is 12.2. The zero-order valence-corrected chi connectivity index (χ0v) is 22.9. The molecule has 0 atom stereocenters. The predicted molar refractivity (Wildman–Crippen MR) is 143 cm³/mol. The average Bonchev–Trinajstić information content (AvgIpc) is 3.31. The van der Waals surface area contributed by atoms with E-state index in [2.05, 4.69) is 21.9 Å². The highest BCUT2D eigenvalue weighted by Crippen LogP contribution is 2.47. The summed E-state index contributed by atoms with van der Waals surface area (Å²) in [4.78, 5) is 9.50. The quantitative estimate of drug-likeness (QED) is 0.315. The molecule has 2 aromatic heterocycles. The molecular formula is C25H34ClN4O5P. The lowest BCUT2D eigenvalue weighted by Crippen LogP contribution is -2.47. The van der Waals surface area contributed by atoms with Gasteiger partial charge in [0.15, 0.2) is 0 Å². The standard InChI is InChI=1S/C25H34ClN4O5P/c1-5-34-36(31,35-6-2)14-13-28-9-11-29(12-10-28)19-7-8-30-18-22(27-25(30)15-19)20-16-21(26)24(33-4)17-23(20)32-3/h7-8,15-18H,5-6,9-14H2,1-4H3. The largest absolute Gasteiger partial charge is 0.496 e. The van der Waals surface area contributed by atoms with Gasteiger partial charge in [0, 0.05) is 68.5 Å². The van der Waals surface area contributed by atoms with E-state index in [0.29, 0.717) is 42.4 Å². The molecule has 1 fully saturated rings. The van der Waals surface area contributed by atoms with Gasteiger partial charge in [-0.2, -0.15) is 0 Å². The molecule has 0 aliphatic carbocycles. The van der Waals surface area contributed by atoms with Crippen molar-refractivity contribution in [3.8, 4) is 22.8 Å². The van der Waals surface area contributed by atoms with Gasteiger partial charge in [0.25, 0.3) is 0 Å². The number of fused-ring (bicyclic) bond motifs is 1. The minimum atomic E-state index is -3.01. The zero-order chi connectivity index (χ0) is 25.7. The molecule has 1 saturated heterocycles. The monoisotopic (exact) mass is 536 g/mol. The summed E-state index contributed by atoms with van der Waals surface area (Å²) in [6.07, 6.45) is 4.40. The maximum absolute atomic E-state index is 12.7. The molecule has 0 saturated carbocycles. The van der Waals surface area contributed by atoms with E-state index in [-0.39, 0.29) is 0 Å². The van der Waals surface area contributed by atoms with Crippen LogP contribution < -0.4 is 14.4 Å². The van der Waals surface area contributed by atoms with Gasteiger partial charge < -0.3 is 27.8 Å². The summed E-state index contributed by atoms with van der Waals surface area (Å²) in [7, 11) is 0.179. The summed E-state index contributed by atoms with van der Waals surface area (Å²) in [5, 5.41) is 0.503.